The molecule has 5 nitrogen and oxygen atoms in total. The highest BCUT2D eigenvalue weighted by molar-refractivity contribution is 8.14. The highest BCUT2D eigenvalue weighted by Gasteiger charge is 2.41. The Hall–Kier alpha value is -1.18. The third-order valence-electron chi connectivity index (χ3n) is 3.99. The van der Waals surface area contributed by atoms with Crippen LogP contribution in [-0.4, -0.2) is 62.1 Å². The SMILES string of the molecule is Cc1ccc(O)c(C2=N[C@@H]([C@@H]3SC[C@H](C(=O)O)N3C)CS2)c1. The number of carboxylic acid groups (broad SMARTS) is 1. The monoisotopic (exact) mass is 338 g/mol. The van der Waals surface area contributed by atoms with Crippen LogP contribution >= 0.6 is 23.5 Å². The Morgan fingerprint density at radius 3 is 2.86 bits per heavy atom. The maximum atomic E-state index is 11.2. The molecule has 0 aromatic heterocycles. The molecule has 0 aliphatic carbocycles. The molecule has 0 radical (unpaired) electrons. The number of thioether (sulfide) groups is 2. The fourth-order valence-electron chi connectivity index (χ4n) is 2.73. The molecular weight excluding hydrogens is 320 g/mol. The zero-order chi connectivity index (χ0) is 15.9. The lowest BCUT2D eigenvalue weighted by Gasteiger charge is -2.24. The Bertz CT molecular complexity index is 635. The summed E-state index contributed by atoms with van der Waals surface area (Å²) < 4.78 is 0. The number of benzene rings is 1. The number of carboxylic acids is 1. The van der Waals surface area contributed by atoms with Crippen molar-refractivity contribution in [2.75, 3.05) is 18.6 Å². The van der Waals surface area contributed by atoms with Gasteiger partial charge in [0.1, 0.15) is 16.8 Å². The number of phenolic OH excluding ortho intramolecular Hbond substituents is 1. The first-order valence-electron chi connectivity index (χ1n) is 7.04. The first kappa shape index (κ1) is 15.7. The van der Waals surface area contributed by atoms with Gasteiger partial charge in [-0.15, -0.1) is 23.5 Å². The molecule has 7 heteroatoms. The molecule has 0 spiro atoms. The van der Waals surface area contributed by atoms with Gasteiger partial charge in [-0.05, 0) is 26.1 Å². The van der Waals surface area contributed by atoms with Crippen LogP contribution in [0.25, 0.3) is 0 Å². The van der Waals surface area contributed by atoms with Crippen molar-refractivity contribution in [3.05, 3.63) is 29.3 Å². The number of nitrogens with zero attached hydrogens (tertiary/aromatic N) is 2. The van der Waals surface area contributed by atoms with E-state index in [-0.39, 0.29) is 17.2 Å². The minimum absolute atomic E-state index is 0.0549. The van der Waals surface area contributed by atoms with Gasteiger partial charge in [0.2, 0.25) is 0 Å². The molecule has 22 heavy (non-hydrogen) atoms. The average molecular weight is 338 g/mol. The number of phenols is 1. The van der Waals surface area contributed by atoms with Gasteiger partial charge < -0.3 is 10.2 Å². The molecule has 2 aliphatic rings. The fraction of sp³-hybridized carbons (Fsp3) is 0.467. The molecule has 118 valence electrons. The smallest absolute Gasteiger partial charge is 0.321 e. The highest BCUT2D eigenvalue weighted by Crippen LogP contribution is 2.37. The lowest BCUT2D eigenvalue weighted by molar-refractivity contribution is -0.141. The van der Waals surface area contributed by atoms with Gasteiger partial charge in [0.25, 0.3) is 0 Å². The predicted octanol–water partition coefficient (Wildman–Crippen LogP) is 2.02. The zero-order valence-corrected chi connectivity index (χ0v) is 14.0. The Morgan fingerprint density at radius 1 is 1.41 bits per heavy atom. The number of aromatic hydroxyl groups is 1. The van der Waals surface area contributed by atoms with Crippen molar-refractivity contribution in [1.82, 2.24) is 4.90 Å². The molecule has 0 saturated carbocycles. The van der Waals surface area contributed by atoms with Crippen molar-refractivity contribution in [1.29, 1.82) is 0 Å². The van der Waals surface area contributed by atoms with Crippen LogP contribution in [0.15, 0.2) is 23.2 Å². The van der Waals surface area contributed by atoms with Crippen LogP contribution in [0.2, 0.25) is 0 Å². The predicted molar refractivity (Wildman–Crippen MR) is 91.1 cm³/mol. The molecule has 1 aromatic carbocycles. The lowest BCUT2D eigenvalue weighted by atomic mass is 10.1. The summed E-state index contributed by atoms with van der Waals surface area (Å²) in [5.74, 6) is 0.881. The maximum Gasteiger partial charge on any atom is 0.321 e. The number of rotatable bonds is 3. The molecule has 0 bridgehead atoms. The second kappa shape index (κ2) is 6.14. The molecule has 1 fully saturated rings. The zero-order valence-electron chi connectivity index (χ0n) is 12.4. The lowest BCUT2D eigenvalue weighted by Crippen LogP contribution is -2.42. The average Bonchev–Trinajstić information content (AvgIpc) is 3.07. The van der Waals surface area contributed by atoms with Gasteiger partial charge in [-0.2, -0.15) is 0 Å². The summed E-state index contributed by atoms with van der Waals surface area (Å²) in [5.41, 5.74) is 1.85. The molecule has 0 amide bonds. The Kier molecular flexibility index (Phi) is 4.38. The van der Waals surface area contributed by atoms with Crippen molar-refractivity contribution in [2.45, 2.75) is 24.4 Å². The van der Waals surface area contributed by atoms with Gasteiger partial charge in [0.15, 0.2) is 0 Å². The molecule has 2 heterocycles. The van der Waals surface area contributed by atoms with E-state index in [0.717, 1.165) is 21.9 Å². The minimum atomic E-state index is -0.774. The van der Waals surface area contributed by atoms with Gasteiger partial charge in [-0.25, -0.2) is 0 Å². The topological polar surface area (TPSA) is 73.1 Å². The number of aryl methyl sites for hydroxylation is 1. The fourth-order valence-corrected chi connectivity index (χ4v) is 5.49. The first-order chi connectivity index (χ1) is 10.5. The normalized spacial score (nSPS) is 28.8. The van der Waals surface area contributed by atoms with E-state index >= 15 is 0 Å². The van der Waals surface area contributed by atoms with E-state index in [9.17, 15) is 15.0 Å². The number of hydrogen-bond acceptors (Lipinski definition) is 6. The first-order valence-corrected chi connectivity index (χ1v) is 9.07. The molecule has 1 saturated heterocycles. The van der Waals surface area contributed by atoms with Crippen LogP contribution in [0.1, 0.15) is 11.1 Å². The number of hydrogen-bond donors (Lipinski definition) is 2. The third-order valence-corrected chi connectivity index (χ3v) is 6.59. The van der Waals surface area contributed by atoms with E-state index < -0.39 is 12.0 Å². The quantitative estimate of drug-likeness (QED) is 0.878. The molecule has 2 N–H and O–H groups in total. The summed E-state index contributed by atoms with van der Waals surface area (Å²) in [6, 6.07) is 5.12. The van der Waals surface area contributed by atoms with Crippen LogP contribution in [0.5, 0.6) is 5.75 Å². The van der Waals surface area contributed by atoms with Gasteiger partial charge in [-0.3, -0.25) is 14.7 Å². The van der Waals surface area contributed by atoms with Gasteiger partial charge in [-0.1, -0.05) is 11.6 Å². The summed E-state index contributed by atoms with van der Waals surface area (Å²) in [6.07, 6.45) is 0. The van der Waals surface area contributed by atoms with Crippen LogP contribution < -0.4 is 0 Å². The Labute approximate surface area is 137 Å². The summed E-state index contributed by atoms with van der Waals surface area (Å²) in [7, 11) is 1.85. The summed E-state index contributed by atoms with van der Waals surface area (Å²) in [5, 5.41) is 20.2. The van der Waals surface area contributed by atoms with E-state index in [2.05, 4.69) is 0 Å². The molecule has 3 atom stereocenters. The van der Waals surface area contributed by atoms with Crippen molar-refractivity contribution < 1.29 is 15.0 Å². The number of aliphatic carboxylic acids is 1. The molecule has 2 aliphatic heterocycles. The van der Waals surface area contributed by atoms with Crippen LogP contribution in [0, 0.1) is 6.92 Å². The van der Waals surface area contributed by atoms with Crippen LogP contribution in [0.4, 0.5) is 0 Å². The summed E-state index contributed by atoms with van der Waals surface area (Å²) >= 11 is 3.28. The Balaban J connectivity index is 1.80. The van der Waals surface area contributed by atoms with Crippen molar-refractivity contribution in [2.24, 2.45) is 4.99 Å². The van der Waals surface area contributed by atoms with Gasteiger partial charge in [0, 0.05) is 17.1 Å². The summed E-state index contributed by atoms with van der Waals surface area (Å²) in [6.45, 7) is 1.98. The van der Waals surface area contributed by atoms with E-state index in [4.69, 9.17) is 4.99 Å². The molecular formula is C15H18N2O3S2. The Morgan fingerprint density at radius 2 is 2.18 bits per heavy atom. The molecule has 3 rings (SSSR count). The van der Waals surface area contributed by atoms with Crippen LogP contribution in [-0.2, 0) is 4.79 Å². The third kappa shape index (κ3) is 2.85. The van der Waals surface area contributed by atoms with Gasteiger partial charge >= 0.3 is 5.97 Å². The van der Waals surface area contributed by atoms with E-state index in [1.807, 2.05) is 31.0 Å². The maximum absolute atomic E-state index is 11.2. The van der Waals surface area contributed by atoms with Crippen molar-refractivity contribution >= 4 is 34.5 Å². The van der Waals surface area contributed by atoms with E-state index in [1.165, 1.54) is 0 Å². The van der Waals surface area contributed by atoms with Crippen molar-refractivity contribution in [3.63, 3.8) is 0 Å². The molecule has 0 unspecified atom stereocenters. The second-order valence-corrected chi connectivity index (χ2v) is 7.73. The van der Waals surface area contributed by atoms with Gasteiger partial charge in [0.05, 0.1) is 11.4 Å². The second-order valence-electron chi connectivity index (χ2n) is 5.58. The number of aliphatic imine (C=N–C) groups is 1. The largest absolute Gasteiger partial charge is 0.507 e. The summed E-state index contributed by atoms with van der Waals surface area (Å²) in [4.78, 5) is 17.9. The van der Waals surface area contributed by atoms with Crippen molar-refractivity contribution in [3.8, 4) is 5.75 Å². The number of likely N-dealkylation sites (N-methyl/N-ethyl adjacent to an activating group) is 1. The standard InChI is InChI=1S/C15H18N2O3S2/c1-8-3-4-12(18)9(5-8)13-16-10(6-21-13)14-17(2)11(7-22-14)15(19)20/h3-5,10-11,14,18H,6-7H2,1-2H3,(H,19,20)/t10-,11-,14+/m1/s1. The van der Waals surface area contributed by atoms with E-state index in [1.54, 1.807) is 29.6 Å². The highest BCUT2D eigenvalue weighted by atomic mass is 32.2. The number of carbonyl (C=O) groups is 1. The minimum Gasteiger partial charge on any atom is -0.507 e. The van der Waals surface area contributed by atoms with Crippen LogP contribution in [0.3, 0.4) is 0 Å². The molecule has 1 aromatic rings. The van der Waals surface area contributed by atoms with E-state index in [0.29, 0.717) is 5.75 Å².